The Morgan fingerprint density at radius 3 is 2.20 bits per heavy atom. The van der Waals surface area contributed by atoms with Gasteiger partial charge in [0.25, 0.3) is 0 Å². The molecule has 0 radical (unpaired) electrons. The van der Waals surface area contributed by atoms with Gasteiger partial charge in [-0.3, -0.25) is 15.0 Å². The molecule has 0 fully saturated rings. The van der Waals surface area contributed by atoms with Crippen LogP contribution in [0, 0.1) is 0 Å². The van der Waals surface area contributed by atoms with Crippen molar-refractivity contribution in [1.29, 1.82) is 0 Å². The SMILES string of the molecule is NCCN(CCc1ccccc1)CC(=O)NC(=O)Nc1ccccc1. The molecule has 0 bridgehead atoms. The number of urea groups is 1. The average Bonchev–Trinajstić information content (AvgIpc) is 2.61. The molecule has 0 aromatic heterocycles. The van der Waals surface area contributed by atoms with E-state index in [4.69, 9.17) is 5.73 Å². The summed E-state index contributed by atoms with van der Waals surface area (Å²) in [7, 11) is 0. The van der Waals surface area contributed by atoms with Crippen molar-refractivity contribution in [3.05, 3.63) is 66.2 Å². The summed E-state index contributed by atoms with van der Waals surface area (Å²) in [5.74, 6) is -0.352. The highest BCUT2D eigenvalue weighted by molar-refractivity contribution is 6.01. The molecule has 25 heavy (non-hydrogen) atoms. The summed E-state index contributed by atoms with van der Waals surface area (Å²) in [4.78, 5) is 25.9. The summed E-state index contributed by atoms with van der Waals surface area (Å²) < 4.78 is 0. The lowest BCUT2D eigenvalue weighted by molar-refractivity contribution is -0.121. The molecule has 3 amide bonds. The fourth-order valence-electron chi connectivity index (χ4n) is 2.44. The Balaban J connectivity index is 1.79. The maximum absolute atomic E-state index is 12.1. The monoisotopic (exact) mass is 340 g/mol. The number of anilines is 1. The predicted octanol–water partition coefficient (Wildman–Crippen LogP) is 1.84. The van der Waals surface area contributed by atoms with Gasteiger partial charge in [-0.25, -0.2) is 4.79 Å². The maximum atomic E-state index is 12.1. The minimum absolute atomic E-state index is 0.131. The molecule has 6 heteroatoms. The molecule has 0 saturated carbocycles. The van der Waals surface area contributed by atoms with E-state index in [0.29, 0.717) is 25.3 Å². The number of para-hydroxylation sites is 1. The molecule has 0 spiro atoms. The predicted molar refractivity (Wildman–Crippen MR) is 99.2 cm³/mol. The molecular weight excluding hydrogens is 316 g/mol. The number of imide groups is 1. The number of nitrogens with two attached hydrogens (primary N) is 1. The maximum Gasteiger partial charge on any atom is 0.325 e. The van der Waals surface area contributed by atoms with Crippen LogP contribution >= 0.6 is 0 Å². The molecule has 2 aromatic rings. The standard InChI is InChI=1S/C19H24N4O2/c20-12-14-23(13-11-16-7-3-1-4-8-16)15-18(24)22-19(25)21-17-9-5-2-6-10-17/h1-10H,11-15,20H2,(H2,21,22,24,25). The quantitative estimate of drug-likeness (QED) is 0.684. The second-order valence-electron chi connectivity index (χ2n) is 5.67. The largest absolute Gasteiger partial charge is 0.329 e. The molecule has 0 atom stereocenters. The van der Waals surface area contributed by atoms with Crippen molar-refractivity contribution in [2.75, 3.05) is 31.5 Å². The zero-order chi connectivity index (χ0) is 17.9. The van der Waals surface area contributed by atoms with Crippen molar-refractivity contribution >= 4 is 17.6 Å². The third-order valence-electron chi connectivity index (χ3n) is 3.66. The van der Waals surface area contributed by atoms with Crippen LogP contribution in [0.5, 0.6) is 0 Å². The molecule has 0 saturated heterocycles. The van der Waals surface area contributed by atoms with E-state index in [9.17, 15) is 9.59 Å². The van der Waals surface area contributed by atoms with Gasteiger partial charge in [-0.05, 0) is 24.1 Å². The molecular formula is C19H24N4O2. The van der Waals surface area contributed by atoms with Crippen molar-refractivity contribution in [1.82, 2.24) is 10.2 Å². The van der Waals surface area contributed by atoms with Crippen LogP contribution in [0.1, 0.15) is 5.56 Å². The zero-order valence-electron chi connectivity index (χ0n) is 14.2. The number of rotatable bonds is 8. The van der Waals surface area contributed by atoms with E-state index in [1.54, 1.807) is 12.1 Å². The Labute approximate surface area is 148 Å². The first kappa shape index (κ1) is 18.6. The number of carbonyl (C=O) groups is 2. The molecule has 0 aliphatic rings. The first-order valence-corrected chi connectivity index (χ1v) is 8.29. The molecule has 6 nitrogen and oxygen atoms in total. The summed E-state index contributed by atoms with van der Waals surface area (Å²) in [6.07, 6.45) is 0.824. The molecule has 0 heterocycles. The van der Waals surface area contributed by atoms with E-state index in [0.717, 1.165) is 6.42 Å². The van der Waals surface area contributed by atoms with Crippen molar-refractivity contribution in [3.63, 3.8) is 0 Å². The van der Waals surface area contributed by atoms with Gasteiger partial charge in [0.05, 0.1) is 6.54 Å². The number of benzene rings is 2. The highest BCUT2D eigenvalue weighted by Crippen LogP contribution is 2.04. The summed E-state index contributed by atoms with van der Waals surface area (Å²) >= 11 is 0. The van der Waals surface area contributed by atoms with E-state index in [-0.39, 0.29) is 12.5 Å². The first-order chi connectivity index (χ1) is 12.2. The Bertz CT molecular complexity index is 662. The Morgan fingerprint density at radius 1 is 0.920 bits per heavy atom. The first-order valence-electron chi connectivity index (χ1n) is 8.29. The minimum Gasteiger partial charge on any atom is -0.329 e. The lowest BCUT2D eigenvalue weighted by Crippen LogP contribution is -2.43. The molecule has 0 aliphatic heterocycles. The number of nitrogens with zero attached hydrogens (tertiary/aromatic N) is 1. The smallest absolute Gasteiger partial charge is 0.325 e. The van der Waals surface area contributed by atoms with Crippen molar-refractivity contribution in [2.24, 2.45) is 5.73 Å². The molecule has 4 N–H and O–H groups in total. The van der Waals surface area contributed by atoms with Gasteiger partial charge in [-0.1, -0.05) is 48.5 Å². The topological polar surface area (TPSA) is 87.5 Å². The molecule has 132 valence electrons. The summed E-state index contributed by atoms with van der Waals surface area (Å²) in [5, 5.41) is 4.97. The number of hydrogen-bond acceptors (Lipinski definition) is 4. The molecule has 0 aliphatic carbocycles. The number of carbonyl (C=O) groups excluding carboxylic acids is 2. The zero-order valence-corrected chi connectivity index (χ0v) is 14.2. The normalized spacial score (nSPS) is 10.5. The van der Waals surface area contributed by atoms with Crippen LogP contribution in [0.15, 0.2) is 60.7 Å². The van der Waals surface area contributed by atoms with Crippen LogP contribution in [0.25, 0.3) is 0 Å². The third-order valence-corrected chi connectivity index (χ3v) is 3.66. The highest BCUT2D eigenvalue weighted by atomic mass is 16.2. The van der Waals surface area contributed by atoms with Crippen LogP contribution in [0.3, 0.4) is 0 Å². The summed E-state index contributed by atoms with van der Waals surface area (Å²) in [6, 6.07) is 18.5. The van der Waals surface area contributed by atoms with Gasteiger partial charge in [0, 0.05) is 25.3 Å². The second-order valence-corrected chi connectivity index (χ2v) is 5.67. The van der Waals surface area contributed by atoms with Gasteiger partial charge in [0.15, 0.2) is 0 Å². The van der Waals surface area contributed by atoms with Crippen LogP contribution in [0.2, 0.25) is 0 Å². The average molecular weight is 340 g/mol. The Morgan fingerprint density at radius 2 is 1.56 bits per heavy atom. The van der Waals surface area contributed by atoms with Gasteiger partial charge in [-0.2, -0.15) is 0 Å². The lowest BCUT2D eigenvalue weighted by Gasteiger charge is -2.20. The van der Waals surface area contributed by atoms with E-state index in [1.807, 2.05) is 53.4 Å². The number of nitrogens with one attached hydrogen (secondary N) is 2. The fraction of sp³-hybridized carbons (Fsp3) is 0.263. The highest BCUT2D eigenvalue weighted by Gasteiger charge is 2.13. The Kier molecular flexibility index (Phi) is 7.62. The van der Waals surface area contributed by atoms with Gasteiger partial charge < -0.3 is 11.1 Å². The number of amides is 3. The van der Waals surface area contributed by atoms with E-state index in [1.165, 1.54) is 5.56 Å². The lowest BCUT2D eigenvalue weighted by atomic mass is 10.1. The van der Waals surface area contributed by atoms with Gasteiger partial charge in [0.1, 0.15) is 0 Å². The van der Waals surface area contributed by atoms with E-state index < -0.39 is 6.03 Å². The van der Waals surface area contributed by atoms with Crippen LogP contribution < -0.4 is 16.4 Å². The van der Waals surface area contributed by atoms with Crippen molar-refractivity contribution < 1.29 is 9.59 Å². The van der Waals surface area contributed by atoms with Crippen LogP contribution in [-0.4, -0.2) is 43.0 Å². The number of hydrogen-bond donors (Lipinski definition) is 3. The van der Waals surface area contributed by atoms with Crippen LogP contribution in [-0.2, 0) is 11.2 Å². The second kappa shape index (κ2) is 10.2. The molecule has 2 rings (SSSR count). The van der Waals surface area contributed by atoms with E-state index in [2.05, 4.69) is 10.6 Å². The van der Waals surface area contributed by atoms with Crippen LogP contribution in [0.4, 0.5) is 10.5 Å². The molecule has 0 unspecified atom stereocenters. The van der Waals surface area contributed by atoms with Crippen molar-refractivity contribution in [2.45, 2.75) is 6.42 Å². The van der Waals surface area contributed by atoms with Gasteiger partial charge in [0.2, 0.25) is 5.91 Å². The minimum atomic E-state index is -0.535. The van der Waals surface area contributed by atoms with Gasteiger partial charge >= 0.3 is 6.03 Å². The van der Waals surface area contributed by atoms with Gasteiger partial charge in [-0.15, -0.1) is 0 Å². The summed E-state index contributed by atoms with van der Waals surface area (Å²) in [6.45, 7) is 1.89. The summed E-state index contributed by atoms with van der Waals surface area (Å²) in [5.41, 5.74) is 7.46. The third kappa shape index (κ3) is 7.15. The van der Waals surface area contributed by atoms with E-state index >= 15 is 0 Å². The molecule has 2 aromatic carbocycles. The fourth-order valence-corrected chi connectivity index (χ4v) is 2.44. The Hall–Kier alpha value is -2.70. The van der Waals surface area contributed by atoms with Crippen molar-refractivity contribution in [3.8, 4) is 0 Å².